The molecule has 4 aliphatic carbocycles. The average Bonchev–Trinajstić information content (AvgIpc) is 3.08. The number of fused-ring (bicyclic) bond motifs is 7. The van der Waals surface area contributed by atoms with Crippen molar-refractivity contribution in [2.75, 3.05) is 0 Å². The first-order valence-corrected chi connectivity index (χ1v) is 12.5. The van der Waals surface area contributed by atoms with Crippen molar-refractivity contribution in [2.45, 2.75) is 117 Å². The molecule has 1 aliphatic heterocycles. The minimum Gasteiger partial charge on any atom is -0.463 e. The molecule has 0 aromatic heterocycles. The summed E-state index contributed by atoms with van der Waals surface area (Å²) in [7, 11) is 0. The molecule has 0 bridgehead atoms. The Balaban J connectivity index is 1.43. The topological polar surface area (TPSA) is 61.8 Å². The van der Waals surface area contributed by atoms with Crippen molar-refractivity contribution in [1.29, 1.82) is 0 Å². The number of carbonyl (C=O) groups is 2. The van der Waals surface area contributed by atoms with E-state index in [0.717, 1.165) is 38.5 Å². The molecule has 5 fully saturated rings. The Labute approximate surface area is 186 Å². The highest BCUT2D eigenvalue weighted by molar-refractivity contribution is 5.88. The quantitative estimate of drug-likeness (QED) is 0.572. The minimum atomic E-state index is -0.795. The number of ether oxygens (including phenoxy) is 3. The SMILES string of the molecule is CC(=O)OC1CCC2(C)C3CCC4(C)C(CC5OC(C)(C)OC54C(C)=O)C3CC[C@H]2C1. The van der Waals surface area contributed by atoms with Crippen molar-refractivity contribution < 1.29 is 23.8 Å². The van der Waals surface area contributed by atoms with Gasteiger partial charge in [0.1, 0.15) is 6.10 Å². The third-order valence-electron chi connectivity index (χ3n) is 10.5. The van der Waals surface area contributed by atoms with Crippen LogP contribution >= 0.6 is 0 Å². The van der Waals surface area contributed by atoms with Crippen LogP contribution in [0.25, 0.3) is 0 Å². The van der Waals surface area contributed by atoms with Crippen LogP contribution in [-0.2, 0) is 23.8 Å². The van der Waals surface area contributed by atoms with Crippen LogP contribution in [0, 0.1) is 34.5 Å². The average molecular weight is 433 g/mol. The molecule has 5 aliphatic rings. The second-order valence-corrected chi connectivity index (χ2v) is 12.3. The first-order valence-electron chi connectivity index (χ1n) is 12.5. The van der Waals surface area contributed by atoms with Gasteiger partial charge in [-0.2, -0.15) is 0 Å². The smallest absolute Gasteiger partial charge is 0.302 e. The molecule has 9 atom stereocenters. The summed E-state index contributed by atoms with van der Waals surface area (Å²) in [5.74, 6) is 1.71. The number of rotatable bonds is 2. The van der Waals surface area contributed by atoms with Gasteiger partial charge in [-0.15, -0.1) is 0 Å². The molecular weight excluding hydrogens is 392 g/mol. The molecule has 5 heteroatoms. The van der Waals surface area contributed by atoms with E-state index in [4.69, 9.17) is 14.2 Å². The number of hydrogen-bond donors (Lipinski definition) is 0. The highest BCUT2D eigenvalue weighted by Crippen LogP contribution is 2.71. The maximum atomic E-state index is 13.1. The van der Waals surface area contributed by atoms with Crippen molar-refractivity contribution >= 4 is 11.8 Å². The molecule has 0 aromatic rings. The van der Waals surface area contributed by atoms with Gasteiger partial charge in [-0.05, 0) is 101 Å². The van der Waals surface area contributed by atoms with Crippen LogP contribution in [-0.4, -0.2) is 35.3 Å². The zero-order valence-electron chi connectivity index (χ0n) is 20.2. The van der Waals surface area contributed by atoms with Crippen molar-refractivity contribution in [3.05, 3.63) is 0 Å². The lowest BCUT2D eigenvalue weighted by molar-refractivity contribution is -0.219. The van der Waals surface area contributed by atoms with Gasteiger partial charge in [0.2, 0.25) is 0 Å². The van der Waals surface area contributed by atoms with Crippen molar-refractivity contribution in [2.24, 2.45) is 34.5 Å². The molecular formula is C26H40O5. The number of Topliss-reactive ketones (excluding diaryl/α,β-unsaturated/α-hetero) is 1. The summed E-state index contributed by atoms with van der Waals surface area (Å²) in [4.78, 5) is 24.6. The second-order valence-electron chi connectivity index (χ2n) is 12.3. The lowest BCUT2D eigenvalue weighted by Crippen LogP contribution is -2.60. The van der Waals surface area contributed by atoms with E-state index >= 15 is 0 Å². The fraction of sp³-hybridized carbons (Fsp3) is 0.923. The summed E-state index contributed by atoms with van der Waals surface area (Å²) in [5, 5.41) is 0. The van der Waals surface area contributed by atoms with E-state index < -0.39 is 11.4 Å². The first-order chi connectivity index (χ1) is 14.4. The Hall–Kier alpha value is -0.940. The van der Waals surface area contributed by atoms with E-state index in [9.17, 15) is 9.59 Å². The van der Waals surface area contributed by atoms with Crippen LogP contribution < -0.4 is 0 Å². The molecule has 1 heterocycles. The Bertz CT molecular complexity index is 791. The predicted octanol–water partition coefficient (Wildman–Crippen LogP) is 5.05. The van der Waals surface area contributed by atoms with Crippen LogP contribution in [0.5, 0.6) is 0 Å². The molecule has 4 saturated carbocycles. The molecule has 0 radical (unpaired) electrons. The van der Waals surface area contributed by atoms with Crippen molar-refractivity contribution in [1.82, 2.24) is 0 Å². The highest BCUT2D eigenvalue weighted by Gasteiger charge is 2.75. The van der Waals surface area contributed by atoms with Crippen molar-refractivity contribution in [3.8, 4) is 0 Å². The normalized spacial score (nSPS) is 52.5. The van der Waals surface area contributed by atoms with Crippen LogP contribution in [0.15, 0.2) is 0 Å². The molecule has 5 nitrogen and oxygen atoms in total. The second kappa shape index (κ2) is 6.79. The van der Waals surface area contributed by atoms with Crippen LogP contribution in [0.3, 0.4) is 0 Å². The molecule has 0 spiro atoms. The lowest BCUT2D eigenvalue weighted by Gasteiger charge is -2.61. The fourth-order valence-electron chi connectivity index (χ4n) is 9.31. The van der Waals surface area contributed by atoms with Gasteiger partial charge in [-0.25, -0.2) is 0 Å². The van der Waals surface area contributed by atoms with Gasteiger partial charge in [0.15, 0.2) is 17.2 Å². The standard InChI is InChI=1S/C26H40O5/c1-15(27)26-22(30-23(3,4)31-26)14-21-19-8-7-17-13-18(29-16(2)28)9-11-24(17,5)20(19)10-12-25(21,26)6/h17-22H,7-14H2,1-6H3/t17-,18?,19?,20?,21?,22?,24?,25?,26?/m0/s1. The van der Waals surface area contributed by atoms with E-state index in [1.165, 1.54) is 19.8 Å². The maximum absolute atomic E-state index is 13.1. The monoisotopic (exact) mass is 432 g/mol. The Morgan fingerprint density at radius 3 is 2.32 bits per heavy atom. The molecule has 0 aromatic carbocycles. The predicted molar refractivity (Wildman–Crippen MR) is 116 cm³/mol. The largest absolute Gasteiger partial charge is 0.463 e. The van der Waals surface area contributed by atoms with E-state index in [1.54, 1.807) is 6.92 Å². The number of carbonyl (C=O) groups excluding carboxylic acids is 2. The summed E-state index contributed by atoms with van der Waals surface area (Å²) in [6.45, 7) is 12.0. The van der Waals surface area contributed by atoms with Crippen molar-refractivity contribution in [3.63, 3.8) is 0 Å². The summed E-state index contributed by atoms with van der Waals surface area (Å²) >= 11 is 0. The van der Waals surface area contributed by atoms with Gasteiger partial charge < -0.3 is 14.2 Å². The maximum Gasteiger partial charge on any atom is 0.302 e. The third kappa shape index (κ3) is 2.87. The molecule has 8 unspecified atom stereocenters. The minimum absolute atomic E-state index is 0.0943. The summed E-state index contributed by atoms with van der Waals surface area (Å²) in [6, 6.07) is 0. The molecule has 0 N–H and O–H groups in total. The molecule has 174 valence electrons. The number of ketones is 1. The van der Waals surface area contributed by atoms with E-state index in [0.29, 0.717) is 29.1 Å². The Morgan fingerprint density at radius 2 is 1.65 bits per heavy atom. The van der Waals surface area contributed by atoms with Gasteiger partial charge in [0, 0.05) is 12.3 Å². The molecule has 5 rings (SSSR count). The van der Waals surface area contributed by atoms with Gasteiger partial charge in [0.05, 0.1) is 6.10 Å². The zero-order valence-corrected chi connectivity index (χ0v) is 20.2. The number of hydrogen-bond acceptors (Lipinski definition) is 5. The van der Waals surface area contributed by atoms with Gasteiger partial charge in [-0.1, -0.05) is 13.8 Å². The summed E-state index contributed by atoms with van der Waals surface area (Å²) in [5.41, 5.74) is -0.642. The summed E-state index contributed by atoms with van der Waals surface area (Å²) < 4.78 is 18.5. The fourth-order valence-corrected chi connectivity index (χ4v) is 9.31. The van der Waals surface area contributed by atoms with E-state index in [2.05, 4.69) is 13.8 Å². The molecule has 0 amide bonds. The molecule has 31 heavy (non-hydrogen) atoms. The van der Waals surface area contributed by atoms with Crippen LogP contribution in [0.4, 0.5) is 0 Å². The van der Waals surface area contributed by atoms with E-state index in [-0.39, 0.29) is 29.4 Å². The number of esters is 1. The van der Waals surface area contributed by atoms with Gasteiger partial charge >= 0.3 is 5.97 Å². The first kappa shape index (κ1) is 21.9. The van der Waals surface area contributed by atoms with Gasteiger partial charge in [-0.3, -0.25) is 9.59 Å². The Kier molecular flexibility index (Phi) is 4.79. The lowest BCUT2D eigenvalue weighted by atomic mass is 9.44. The van der Waals surface area contributed by atoms with Crippen LogP contribution in [0.2, 0.25) is 0 Å². The third-order valence-corrected chi connectivity index (χ3v) is 10.5. The zero-order chi connectivity index (χ0) is 22.4. The highest BCUT2D eigenvalue weighted by atomic mass is 16.8. The molecule has 1 saturated heterocycles. The van der Waals surface area contributed by atoms with Gasteiger partial charge in [0.25, 0.3) is 0 Å². The van der Waals surface area contributed by atoms with E-state index in [1.807, 2.05) is 13.8 Å². The van der Waals surface area contributed by atoms with Crippen LogP contribution in [0.1, 0.15) is 92.9 Å². The summed E-state index contributed by atoms with van der Waals surface area (Å²) in [6.07, 6.45) is 8.66. The Morgan fingerprint density at radius 1 is 0.903 bits per heavy atom.